The minimum Gasteiger partial charge on any atom is -0.347 e. The summed E-state index contributed by atoms with van der Waals surface area (Å²) in [6.07, 6.45) is 26.2. The van der Waals surface area contributed by atoms with Gasteiger partial charge in [-0.1, -0.05) is 56.4 Å². The molecule has 0 saturated carbocycles. The Bertz CT molecular complexity index is 894. The van der Waals surface area contributed by atoms with Crippen LogP contribution in [0.4, 0.5) is 0 Å². The SMILES string of the molecule is C=CC1=CCC(CN2CCCCC2)C=C1.CCCn1cc(CCN(C)C)c2c1=CCCC=2. The molecule has 1 aliphatic heterocycles. The number of aryl methyl sites for hydroxylation is 1. The first-order chi connectivity index (χ1) is 15.6. The predicted octanol–water partition coefficient (Wildman–Crippen LogP) is 4.52. The number of nitrogens with zero attached hydrogens (tertiary/aromatic N) is 3. The van der Waals surface area contributed by atoms with Crippen LogP contribution < -0.4 is 10.6 Å². The largest absolute Gasteiger partial charge is 0.347 e. The van der Waals surface area contributed by atoms with Crippen molar-refractivity contribution < 1.29 is 0 Å². The second-order valence-electron chi connectivity index (χ2n) is 9.81. The fraction of sp³-hybridized carbons (Fsp3) is 0.586. The Morgan fingerprint density at radius 3 is 2.53 bits per heavy atom. The molecule has 176 valence electrons. The quantitative estimate of drug-likeness (QED) is 0.595. The van der Waals surface area contributed by atoms with Gasteiger partial charge in [-0.15, -0.1) is 0 Å². The molecule has 0 radical (unpaired) electrons. The van der Waals surface area contributed by atoms with Gasteiger partial charge in [-0.2, -0.15) is 0 Å². The van der Waals surface area contributed by atoms with Crippen LogP contribution in [0.15, 0.2) is 42.7 Å². The zero-order valence-corrected chi connectivity index (χ0v) is 20.9. The van der Waals surface area contributed by atoms with Crippen LogP contribution in [0, 0.1) is 5.92 Å². The van der Waals surface area contributed by atoms with Gasteiger partial charge in [-0.05, 0) is 94.4 Å². The molecule has 3 aliphatic rings. The predicted molar refractivity (Wildman–Crippen MR) is 140 cm³/mol. The normalized spacial score (nSPS) is 20.5. The number of fused-ring (bicyclic) bond motifs is 1. The van der Waals surface area contributed by atoms with Gasteiger partial charge in [0.15, 0.2) is 0 Å². The molecule has 2 aliphatic carbocycles. The highest BCUT2D eigenvalue weighted by atomic mass is 15.1. The Kier molecular flexibility index (Phi) is 10.1. The molecular weight excluding hydrogens is 390 g/mol. The summed E-state index contributed by atoms with van der Waals surface area (Å²) in [5, 5.41) is 2.97. The van der Waals surface area contributed by atoms with Gasteiger partial charge in [0.05, 0.1) is 0 Å². The van der Waals surface area contributed by atoms with Crippen molar-refractivity contribution in [3.8, 4) is 0 Å². The van der Waals surface area contributed by atoms with Crippen molar-refractivity contribution in [2.45, 2.75) is 64.8 Å². The van der Waals surface area contributed by atoms with Crippen molar-refractivity contribution >= 4 is 12.2 Å². The first kappa shape index (κ1) is 24.8. The maximum atomic E-state index is 3.80. The Morgan fingerprint density at radius 1 is 1.09 bits per heavy atom. The number of hydrogen-bond donors (Lipinski definition) is 0. The molecule has 0 spiro atoms. The van der Waals surface area contributed by atoms with Crippen molar-refractivity contribution in [2.24, 2.45) is 5.92 Å². The maximum Gasteiger partial charge on any atom is 0.0439 e. The lowest BCUT2D eigenvalue weighted by atomic mass is 9.95. The van der Waals surface area contributed by atoms with E-state index in [2.05, 4.69) is 78.5 Å². The number of aromatic nitrogens is 1. The molecule has 1 unspecified atom stereocenters. The Hall–Kier alpha value is -1.84. The Balaban J connectivity index is 0.000000182. The minimum atomic E-state index is 0.729. The van der Waals surface area contributed by atoms with Crippen LogP contribution >= 0.6 is 0 Å². The monoisotopic (exact) mass is 435 g/mol. The van der Waals surface area contributed by atoms with Gasteiger partial charge in [0.1, 0.15) is 0 Å². The summed E-state index contributed by atoms with van der Waals surface area (Å²) in [4.78, 5) is 4.88. The number of likely N-dealkylation sites (tertiary alicyclic amines) is 1. The molecule has 0 amide bonds. The third-order valence-electron chi connectivity index (χ3n) is 6.78. The van der Waals surface area contributed by atoms with E-state index in [4.69, 9.17) is 0 Å². The van der Waals surface area contributed by atoms with E-state index in [0.29, 0.717) is 0 Å². The van der Waals surface area contributed by atoms with Crippen molar-refractivity contribution in [1.29, 1.82) is 0 Å². The molecule has 3 heteroatoms. The van der Waals surface area contributed by atoms with Crippen molar-refractivity contribution in [2.75, 3.05) is 40.3 Å². The lowest BCUT2D eigenvalue weighted by molar-refractivity contribution is 0.208. The van der Waals surface area contributed by atoms with Gasteiger partial charge >= 0.3 is 0 Å². The summed E-state index contributed by atoms with van der Waals surface area (Å²) in [6.45, 7) is 12.2. The van der Waals surface area contributed by atoms with E-state index >= 15 is 0 Å². The van der Waals surface area contributed by atoms with E-state index in [9.17, 15) is 0 Å². The first-order valence-corrected chi connectivity index (χ1v) is 12.9. The standard InChI is InChI=1S/C15H24N2.C14H21N/c1-4-10-17-12-13(9-11-16(2)3)14-7-5-6-8-15(14)17;1-2-13-6-8-14(9-7-13)12-15-10-4-3-5-11-15/h7-8,12H,4-6,9-11H2,1-3H3;2,6-8,14H,1,3-5,9-12H2. The van der Waals surface area contributed by atoms with Crippen LogP contribution in [0.25, 0.3) is 12.2 Å². The molecule has 1 fully saturated rings. The van der Waals surface area contributed by atoms with Crippen LogP contribution in [0.1, 0.15) is 57.4 Å². The van der Waals surface area contributed by atoms with E-state index in [0.717, 1.165) is 25.4 Å². The first-order valence-electron chi connectivity index (χ1n) is 12.9. The van der Waals surface area contributed by atoms with Gasteiger partial charge in [0, 0.05) is 31.2 Å². The molecule has 0 aromatic carbocycles. The van der Waals surface area contributed by atoms with E-state index in [-0.39, 0.29) is 0 Å². The minimum absolute atomic E-state index is 0.729. The molecular formula is C29H45N3. The van der Waals surface area contributed by atoms with Crippen LogP contribution in [-0.4, -0.2) is 54.6 Å². The highest BCUT2D eigenvalue weighted by Crippen LogP contribution is 2.19. The molecule has 1 aromatic rings. The van der Waals surface area contributed by atoms with Crippen LogP contribution in [0.2, 0.25) is 0 Å². The summed E-state index contributed by atoms with van der Waals surface area (Å²) < 4.78 is 2.44. The van der Waals surface area contributed by atoms with Crippen LogP contribution in [0.3, 0.4) is 0 Å². The molecule has 1 saturated heterocycles. The van der Waals surface area contributed by atoms with Crippen molar-refractivity contribution in [3.63, 3.8) is 0 Å². The van der Waals surface area contributed by atoms with Crippen LogP contribution in [0.5, 0.6) is 0 Å². The van der Waals surface area contributed by atoms with Crippen molar-refractivity contribution in [1.82, 2.24) is 14.4 Å². The summed E-state index contributed by atoms with van der Waals surface area (Å²) >= 11 is 0. The second kappa shape index (κ2) is 13.0. The second-order valence-corrected chi connectivity index (χ2v) is 9.81. The van der Waals surface area contributed by atoms with Crippen LogP contribution in [-0.2, 0) is 13.0 Å². The summed E-state index contributed by atoms with van der Waals surface area (Å²) in [5.41, 5.74) is 2.81. The van der Waals surface area contributed by atoms with Gasteiger partial charge in [-0.25, -0.2) is 0 Å². The molecule has 3 nitrogen and oxygen atoms in total. The summed E-state index contributed by atoms with van der Waals surface area (Å²) in [5.74, 6) is 0.729. The number of likely N-dealkylation sites (N-methyl/N-ethyl adjacent to an activating group) is 1. The zero-order valence-electron chi connectivity index (χ0n) is 20.9. The van der Waals surface area contributed by atoms with E-state index < -0.39 is 0 Å². The maximum absolute atomic E-state index is 3.80. The highest BCUT2D eigenvalue weighted by molar-refractivity contribution is 5.40. The number of rotatable bonds is 8. The van der Waals surface area contributed by atoms with E-state index in [1.54, 1.807) is 0 Å². The molecule has 0 bridgehead atoms. The molecule has 1 aromatic heterocycles. The zero-order chi connectivity index (χ0) is 22.8. The molecule has 32 heavy (non-hydrogen) atoms. The lowest BCUT2D eigenvalue weighted by Crippen LogP contribution is -2.33. The fourth-order valence-corrected chi connectivity index (χ4v) is 4.97. The smallest absolute Gasteiger partial charge is 0.0439 e. The summed E-state index contributed by atoms with van der Waals surface area (Å²) in [7, 11) is 4.29. The van der Waals surface area contributed by atoms with Gasteiger partial charge in [-0.3, -0.25) is 0 Å². The summed E-state index contributed by atoms with van der Waals surface area (Å²) in [6, 6.07) is 0. The molecule has 0 N–H and O–H groups in total. The highest BCUT2D eigenvalue weighted by Gasteiger charge is 2.15. The van der Waals surface area contributed by atoms with E-state index in [1.165, 1.54) is 86.3 Å². The van der Waals surface area contributed by atoms with Gasteiger partial charge in [0.2, 0.25) is 0 Å². The molecule has 2 heterocycles. The number of hydrogen-bond acceptors (Lipinski definition) is 2. The Labute approximate surface area is 196 Å². The van der Waals surface area contributed by atoms with Gasteiger partial charge in [0.25, 0.3) is 0 Å². The molecule has 1 atom stereocenters. The Morgan fingerprint density at radius 2 is 1.88 bits per heavy atom. The van der Waals surface area contributed by atoms with E-state index in [1.807, 2.05) is 6.08 Å². The number of piperidine rings is 1. The van der Waals surface area contributed by atoms with Crippen molar-refractivity contribution in [3.05, 3.63) is 58.8 Å². The van der Waals surface area contributed by atoms with Gasteiger partial charge < -0.3 is 14.4 Å². The average Bonchev–Trinajstić information content (AvgIpc) is 3.17. The lowest BCUT2D eigenvalue weighted by Gasteiger charge is -2.29. The molecule has 4 rings (SSSR count). The third-order valence-corrected chi connectivity index (χ3v) is 6.78. The third kappa shape index (κ3) is 7.35. The fourth-order valence-electron chi connectivity index (χ4n) is 4.97. The topological polar surface area (TPSA) is 11.4 Å². The number of allylic oxidation sites excluding steroid dienone is 4. The average molecular weight is 436 g/mol.